The zero-order valence-electron chi connectivity index (χ0n) is 10.0. The zero-order chi connectivity index (χ0) is 13.0. The van der Waals surface area contributed by atoms with Gasteiger partial charge in [-0.2, -0.15) is 0 Å². The second-order valence-electron chi connectivity index (χ2n) is 4.07. The molecule has 0 saturated carbocycles. The summed E-state index contributed by atoms with van der Waals surface area (Å²) in [4.78, 5) is 4.26. The molecule has 2 nitrogen and oxygen atoms in total. The molecule has 1 aromatic heterocycles. The number of hydrogen-bond acceptors (Lipinski definition) is 2. The van der Waals surface area contributed by atoms with E-state index in [1.165, 1.54) is 6.07 Å². The van der Waals surface area contributed by atoms with Crippen molar-refractivity contribution in [2.45, 2.75) is 19.5 Å². The van der Waals surface area contributed by atoms with E-state index < -0.39 is 0 Å². The minimum absolute atomic E-state index is 0.0885. The predicted octanol–water partition coefficient (Wildman–Crippen LogP) is 3.72. The summed E-state index contributed by atoms with van der Waals surface area (Å²) in [5, 5.41) is 3.45. The largest absolute Gasteiger partial charge is 0.305 e. The molecule has 0 aliphatic carbocycles. The minimum atomic E-state index is -0.388. The minimum Gasteiger partial charge on any atom is -0.305 e. The number of halogens is 2. The summed E-state index contributed by atoms with van der Waals surface area (Å²) in [7, 11) is 0. The van der Waals surface area contributed by atoms with Crippen molar-refractivity contribution in [2.24, 2.45) is 0 Å². The summed E-state index contributed by atoms with van der Waals surface area (Å²) >= 11 is 5.89. The van der Waals surface area contributed by atoms with Crippen LogP contribution < -0.4 is 5.32 Å². The highest BCUT2D eigenvalue weighted by Crippen LogP contribution is 2.20. The van der Waals surface area contributed by atoms with Crippen molar-refractivity contribution in [1.29, 1.82) is 0 Å². The van der Waals surface area contributed by atoms with Gasteiger partial charge in [-0.05, 0) is 30.7 Å². The highest BCUT2D eigenvalue weighted by Gasteiger charge is 2.09. The van der Waals surface area contributed by atoms with E-state index >= 15 is 0 Å². The van der Waals surface area contributed by atoms with Gasteiger partial charge in [-0.1, -0.05) is 29.8 Å². The van der Waals surface area contributed by atoms with Crippen LogP contribution in [-0.4, -0.2) is 4.98 Å². The van der Waals surface area contributed by atoms with Crippen molar-refractivity contribution in [3.05, 3.63) is 64.7 Å². The first-order chi connectivity index (χ1) is 8.68. The molecule has 0 amide bonds. The topological polar surface area (TPSA) is 24.9 Å². The number of nitrogens with one attached hydrogen (secondary N) is 1. The van der Waals surface area contributed by atoms with Crippen LogP contribution in [0.1, 0.15) is 24.2 Å². The maximum absolute atomic E-state index is 13.3. The Morgan fingerprint density at radius 1 is 1.28 bits per heavy atom. The monoisotopic (exact) mass is 264 g/mol. The quantitative estimate of drug-likeness (QED) is 0.910. The van der Waals surface area contributed by atoms with Crippen molar-refractivity contribution >= 4 is 11.6 Å². The molecular formula is C14H14ClFN2. The first kappa shape index (κ1) is 13.0. The van der Waals surface area contributed by atoms with Crippen molar-refractivity contribution < 1.29 is 4.39 Å². The van der Waals surface area contributed by atoms with Crippen LogP contribution in [0.2, 0.25) is 5.02 Å². The molecule has 1 N–H and O–H groups in total. The number of aromatic nitrogens is 1. The standard InChI is InChI=1S/C14H14ClFN2/c1-10(13-7-2-3-8-17-13)18-9-11-5-4-6-12(16)14(11)15/h2-8,10,18H,9H2,1H3/t10-/m0/s1. The molecule has 1 atom stereocenters. The summed E-state index contributed by atoms with van der Waals surface area (Å²) < 4.78 is 13.3. The van der Waals surface area contributed by atoms with Crippen molar-refractivity contribution in [3.8, 4) is 0 Å². The van der Waals surface area contributed by atoms with E-state index in [0.717, 1.165) is 11.3 Å². The molecule has 0 aliphatic rings. The highest BCUT2D eigenvalue weighted by atomic mass is 35.5. The van der Waals surface area contributed by atoms with Crippen LogP contribution in [0.5, 0.6) is 0 Å². The fraction of sp³-hybridized carbons (Fsp3) is 0.214. The van der Waals surface area contributed by atoms with Crippen molar-refractivity contribution in [2.75, 3.05) is 0 Å². The van der Waals surface area contributed by atoms with Gasteiger partial charge in [0.05, 0.1) is 10.7 Å². The average Bonchev–Trinajstić information content (AvgIpc) is 2.41. The molecule has 4 heteroatoms. The lowest BCUT2D eigenvalue weighted by molar-refractivity contribution is 0.557. The van der Waals surface area contributed by atoms with Gasteiger partial charge in [0.25, 0.3) is 0 Å². The Kier molecular flexibility index (Phi) is 4.28. The Hall–Kier alpha value is -1.45. The molecule has 2 rings (SSSR count). The lowest BCUT2D eigenvalue weighted by Gasteiger charge is -2.14. The summed E-state index contributed by atoms with van der Waals surface area (Å²) in [5.41, 5.74) is 1.70. The van der Waals surface area contributed by atoms with Gasteiger partial charge >= 0.3 is 0 Å². The lowest BCUT2D eigenvalue weighted by atomic mass is 10.1. The third-order valence-electron chi connectivity index (χ3n) is 2.76. The molecule has 0 unspecified atom stereocenters. The smallest absolute Gasteiger partial charge is 0.142 e. The molecule has 0 saturated heterocycles. The third kappa shape index (κ3) is 3.06. The zero-order valence-corrected chi connectivity index (χ0v) is 10.8. The van der Waals surface area contributed by atoms with Gasteiger partial charge in [-0.3, -0.25) is 4.98 Å². The van der Waals surface area contributed by atoms with Gasteiger partial charge in [0.1, 0.15) is 5.82 Å². The first-order valence-corrected chi connectivity index (χ1v) is 6.13. The van der Waals surface area contributed by atoms with Gasteiger partial charge in [0.2, 0.25) is 0 Å². The van der Waals surface area contributed by atoms with Crippen LogP contribution in [-0.2, 0) is 6.54 Å². The number of rotatable bonds is 4. The summed E-state index contributed by atoms with van der Waals surface area (Å²) in [5.74, 6) is -0.388. The number of benzene rings is 1. The molecule has 1 heterocycles. The van der Waals surface area contributed by atoms with E-state index in [9.17, 15) is 4.39 Å². The molecule has 1 aromatic carbocycles. The van der Waals surface area contributed by atoms with E-state index in [2.05, 4.69) is 10.3 Å². The molecule has 0 aliphatic heterocycles. The summed E-state index contributed by atoms with van der Waals surface area (Å²) in [6.45, 7) is 2.52. The van der Waals surface area contributed by atoms with E-state index in [1.807, 2.05) is 31.2 Å². The number of pyridine rings is 1. The van der Waals surface area contributed by atoms with Gasteiger partial charge in [0.15, 0.2) is 0 Å². The number of hydrogen-bond donors (Lipinski definition) is 1. The molecule has 94 valence electrons. The molecule has 2 aromatic rings. The van der Waals surface area contributed by atoms with Crippen LogP contribution in [0.3, 0.4) is 0 Å². The van der Waals surface area contributed by atoms with Gasteiger partial charge in [-0.25, -0.2) is 4.39 Å². The SMILES string of the molecule is C[C@H](NCc1cccc(F)c1Cl)c1ccccn1. The molecule has 0 bridgehead atoms. The van der Waals surface area contributed by atoms with Crippen LogP contribution >= 0.6 is 11.6 Å². The van der Waals surface area contributed by atoms with Gasteiger partial charge in [-0.15, -0.1) is 0 Å². The second-order valence-corrected chi connectivity index (χ2v) is 4.45. The fourth-order valence-electron chi connectivity index (χ4n) is 1.68. The molecule has 0 fully saturated rings. The van der Waals surface area contributed by atoms with Crippen molar-refractivity contribution in [3.63, 3.8) is 0 Å². The van der Waals surface area contributed by atoms with Crippen LogP contribution in [0.4, 0.5) is 4.39 Å². The third-order valence-corrected chi connectivity index (χ3v) is 3.18. The first-order valence-electron chi connectivity index (χ1n) is 5.75. The normalized spacial score (nSPS) is 12.4. The highest BCUT2D eigenvalue weighted by molar-refractivity contribution is 6.31. The van der Waals surface area contributed by atoms with Gasteiger partial charge in [0, 0.05) is 18.8 Å². The molecule has 18 heavy (non-hydrogen) atoms. The van der Waals surface area contributed by atoms with E-state index in [1.54, 1.807) is 12.3 Å². The number of nitrogens with zero attached hydrogens (tertiary/aromatic N) is 1. The Labute approximate surface area is 111 Å². The maximum Gasteiger partial charge on any atom is 0.142 e. The fourth-order valence-corrected chi connectivity index (χ4v) is 1.88. The summed E-state index contributed by atoms with van der Waals surface area (Å²) in [6.07, 6.45) is 1.75. The summed E-state index contributed by atoms with van der Waals surface area (Å²) in [6, 6.07) is 10.7. The Bertz CT molecular complexity index is 516. The van der Waals surface area contributed by atoms with E-state index in [4.69, 9.17) is 11.6 Å². The van der Waals surface area contributed by atoms with Crippen LogP contribution in [0.15, 0.2) is 42.6 Å². The van der Waals surface area contributed by atoms with E-state index in [-0.39, 0.29) is 16.9 Å². The van der Waals surface area contributed by atoms with Crippen molar-refractivity contribution in [1.82, 2.24) is 10.3 Å². The average molecular weight is 265 g/mol. The molecule has 0 radical (unpaired) electrons. The lowest BCUT2D eigenvalue weighted by Crippen LogP contribution is -2.19. The van der Waals surface area contributed by atoms with Crippen LogP contribution in [0, 0.1) is 5.82 Å². The maximum atomic E-state index is 13.3. The van der Waals surface area contributed by atoms with Gasteiger partial charge < -0.3 is 5.32 Å². The Balaban J connectivity index is 2.02. The Morgan fingerprint density at radius 2 is 2.11 bits per heavy atom. The molecular weight excluding hydrogens is 251 g/mol. The predicted molar refractivity (Wildman–Crippen MR) is 70.9 cm³/mol. The Morgan fingerprint density at radius 3 is 2.83 bits per heavy atom. The molecule has 0 spiro atoms. The van der Waals surface area contributed by atoms with Crippen LogP contribution in [0.25, 0.3) is 0 Å². The second kappa shape index (κ2) is 5.94. The van der Waals surface area contributed by atoms with E-state index in [0.29, 0.717) is 6.54 Å².